The Balaban J connectivity index is 1.97. The summed E-state index contributed by atoms with van der Waals surface area (Å²) < 4.78 is 37.0. The Morgan fingerprint density at radius 2 is 1.81 bits per heavy atom. The first-order chi connectivity index (χ1) is 9.90. The van der Waals surface area contributed by atoms with Gasteiger partial charge in [-0.25, -0.2) is 0 Å². The molecule has 3 nitrogen and oxygen atoms in total. The minimum absolute atomic E-state index is 0.105. The quantitative estimate of drug-likeness (QED) is 0.801. The predicted molar refractivity (Wildman–Crippen MR) is 76.6 cm³/mol. The van der Waals surface area contributed by atoms with Gasteiger partial charge in [0.25, 0.3) is 5.91 Å². The van der Waals surface area contributed by atoms with Crippen LogP contribution in [0.25, 0.3) is 0 Å². The maximum absolute atomic E-state index is 12.4. The van der Waals surface area contributed by atoms with Crippen molar-refractivity contribution < 1.29 is 18.0 Å². The summed E-state index contributed by atoms with van der Waals surface area (Å²) in [6, 6.07) is 7.30. The molecular formula is C14H17F3N2OS. The monoisotopic (exact) mass is 318 g/mol. The average Bonchev–Trinajstić information content (AvgIpc) is 2.45. The Kier molecular flexibility index (Phi) is 5.16. The highest BCUT2D eigenvalue weighted by atomic mass is 32.2. The molecule has 1 aromatic carbocycles. The maximum Gasteiger partial charge on any atom is 0.401 e. The molecule has 1 aromatic rings. The standard InChI is InChI=1S/C14H17F3N2OS/c1-21-12-5-3-2-4-11(12)13(20)19-8-6-18(7-9-19)10-14(15,16)17/h2-5H,6-10H2,1H3. The summed E-state index contributed by atoms with van der Waals surface area (Å²) in [5, 5.41) is 0. The topological polar surface area (TPSA) is 23.6 Å². The zero-order valence-electron chi connectivity index (χ0n) is 11.7. The molecule has 21 heavy (non-hydrogen) atoms. The zero-order valence-corrected chi connectivity index (χ0v) is 12.5. The predicted octanol–water partition coefficient (Wildman–Crippen LogP) is 2.73. The first-order valence-electron chi connectivity index (χ1n) is 6.62. The Morgan fingerprint density at radius 3 is 2.38 bits per heavy atom. The highest BCUT2D eigenvalue weighted by molar-refractivity contribution is 7.98. The van der Waals surface area contributed by atoms with Crippen LogP contribution in [0.15, 0.2) is 29.2 Å². The molecular weight excluding hydrogens is 301 g/mol. The molecule has 0 atom stereocenters. The molecule has 0 aromatic heterocycles. The van der Waals surface area contributed by atoms with E-state index in [0.29, 0.717) is 18.7 Å². The third kappa shape index (κ3) is 4.38. The lowest BCUT2D eigenvalue weighted by Gasteiger charge is -2.35. The van der Waals surface area contributed by atoms with Gasteiger partial charge in [-0.15, -0.1) is 11.8 Å². The van der Waals surface area contributed by atoms with Gasteiger partial charge in [0.15, 0.2) is 0 Å². The maximum atomic E-state index is 12.4. The van der Waals surface area contributed by atoms with Crippen molar-refractivity contribution >= 4 is 17.7 Å². The summed E-state index contributed by atoms with van der Waals surface area (Å²) in [7, 11) is 0. The minimum atomic E-state index is -4.18. The minimum Gasteiger partial charge on any atom is -0.336 e. The zero-order chi connectivity index (χ0) is 15.5. The fraction of sp³-hybridized carbons (Fsp3) is 0.500. The van der Waals surface area contributed by atoms with Crippen LogP contribution in [-0.2, 0) is 0 Å². The van der Waals surface area contributed by atoms with E-state index in [-0.39, 0.29) is 19.0 Å². The van der Waals surface area contributed by atoms with E-state index in [9.17, 15) is 18.0 Å². The number of hydrogen-bond acceptors (Lipinski definition) is 3. The van der Waals surface area contributed by atoms with Crippen LogP contribution in [0.4, 0.5) is 13.2 Å². The molecule has 1 aliphatic rings. The molecule has 0 aliphatic carbocycles. The lowest BCUT2D eigenvalue weighted by Crippen LogP contribution is -2.51. The molecule has 1 saturated heterocycles. The van der Waals surface area contributed by atoms with Crippen molar-refractivity contribution in [2.45, 2.75) is 11.1 Å². The molecule has 2 rings (SSSR count). The molecule has 0 spiro atoms. The van der Waals surface area contributed by atoms with Crippen molar-refractivity contribution in [2.24, 2.45) is 0 Å². The van der Waals surface area contributed by atoms with E-state index >= 15 is 0 Å². The van der Waals surface area contributed by atoms with Gasteiger partial charge in [-0.1, -0.05) is 12.1 Å². The van der Waals surface area contributed by atoms with E-state index in [2.05, 4.69) is 0 Å². The number of carbonyl (C=O) groups excluding carboxylic acids is 1. The first-order valence-corrected chi connectivity index (χ1v) is 7.84. The molecule has 0 bridgehead atoms. The normalized spacial score (nSPS) is 17.0. The number of thioether (sulfide) groups is 1. The number of carbonyl (C=O) groups is 1. The van der Waals surface area contributed by atoms with E-state index in [1.165, 1.54) is 16.7 Å². The highest BCUT2D eigenvalue weighted by Gasteiger charge is 2.33. The van der Waals surface area contributed by atoms with Crippen molar-refractivity contribution in [3.8, 4) is 0 Å². The van der Waals surface area contributed by atoms with Gasteiger partial charge in [0, 0.05) is 31.1 Å². The second-order valence-electron chi connectivity index (χ2n) is 4.88. The van der Waals surface area contributed by atoms with Crippen LogP contribution in [0.5, 0.6) is 0 Å². The Bertz CT molecular complexity index is 499. The molecule has 1 amide bonds. The third-order valence-electron chi connectivity index (χ3n) is 3.40. The molecule has 1 heterocycles. The number of nitrogens with zero attached hydrogens (tertiary/aromatic N) is 2. The summed E-state index contributed by atoms with van der Waals surface area (Å²) in [6.45, 7) is 0.269. The van der Waals surface area contributed by atoms with E-state index < -0.39 is 12.7 Å². The molecule has 0 N–H and O–H groups in total. The fourth-order valence-electron chi connectivity index (χ4n) is 2.35. The van der Waals surface area contributed by atoms with Gasteiger partial charge in [0.1, 0.15) is 0 Å². The molecule has 1 aliphatic heterocycles. The van der Waals surface area contributed by atoms with Crippen molar-refractivity contribution in [1.29, 1.82) is 0 Å². The molecule has 7 heteroatoms. The average molecular weight is 318 g/mol. The van der Waals surface area contributed by atoms with Gasteiger partial charge in [-0.2, -0.15) is 13.2 Å². The first kappa shape index (κ1) is 16.2. The lowest BCUT2D eigenvalue weighted by molar-refractivity contribution is -0.148. The van der Waals surface area contributed by atoms with Crippen LogP contribution in [0.1, 0.15) is 10.4 Å². The van der Waals surface area contributed by atoms with Crippen molar-refractivity contribution in [1.82, 2.24) is 9.80 Å². The van der Waals surface area contributed by atoms with E-state index in [4.69, 9.17) is 0 Å². The Morgan fingerprint density at radius 1 is 1.19 bits per heavy atom. The number of halogens is 3. The summed E-state index contributed by atoms with van der Waals surface area (Å²) in [6.07, 6.45) is -2.29. The van der Waals surface area contributed by atoms with Gasteiger partial charge < -0.3 is 4.90 Å². The number of piperazine rings is 1. The molecule has 0 unspecified atom stereocenters. The number of alkyl halides is 3. The molecule has 0 radical (unpaired) electrons. The van der Waals surface area contributed by atoms with Crippen molar-refractivity contribution in [3.63, 3.8) is 0 Å². The Labute approximate surface area is 126 Å². The van der Waals surface area contributed by atoms with E-state index in [0.717, 1.165) is 4.90 Å². The van der Waals surface area contributed by atoms with Crippen molar-refractivity contribution in [2.75, 3.05) is 39.0 Å². The van der Waals surface area contributed by atoms with Crippen LogP contribution in [0.2, 0.25) is 0 Å². The van der Waals surface area contributed by atoms with Crippen LogP contribution >= 0.6 is 11.8 Å². The molecule has 1 fully saturated rings. The smallest absolute Gasteiger partial charge is 0.336 e. The van der Waals surface area contributed by atoms with Gasteiger partial charge in [-0.3, -0.25) is 9.69 Å². The summed E-state index contributed by atoms with van der Waals surface area (Å²) in [5.41, 5.74) is 0.620. The third-order valence-corrected chi connectivity index (χ3v) is 4.20. The van der Waals surface area contributed by atoms with Crippen LogP contribution < -0.4 is 0 Å². The lowest BCUT2D eigenvalue weighted by atomic mass is 10.2. The van der Waals surface area contributed by atoms with Crippen LogP contribution in [-0.4, -0.2) is 60.9 Å². The second kappa shape index (κ2) is 6.70. The number of amides is 1. The van der Waals surface area contributed by atoms with E-state index in [1.54, 1.807) is 17.0 Å². The molecule has 0 saturated carbocycles. The van der Waals surface area contributed by atoms with Gasteiger partial charge in [0.05, 0.1) is 12.1 Å². The summed E-state index contributed by atoms with van der Waals surface area (Å²) >= 11 is 1.49. The Hall–Kier alpha value is -1.21. The summed E-state index contributed by atoms with van der Waals surface area (Å²) in [5.74, 6) is -0.105. The number of hydrogen-bond donors (Lipinski definition) is 0. The summed E-state index contributed by atoms with van der Waals surface area (Å²) in [4.78, 5) is 16.3. The highest BCUT2D eigenvalue weighted by Crippen LogP contribution is 2.22. The number of benzene rings is 1. The van der Waals surface area contributed by atoms with Gasteiger partial charge in [0.2, 0.25) is 0 Å². The van der Waals surface area contributed by atoms with Crippen molar-refractivity contribution in [3.05, 3.63) is 29.8 Å². The fourth-order valence-corrected chi connectivity index (χ4v) is 2.94. The molecule has 116 valence electrons. The largest absolute Gasteiger partial charge is 0.401 e. The van der Waals surface area contributed by atoms with Gasteiger partial charge >= 0.3 is 6.18 Å². The van der Waals surface area contributed by atoms with Crippen LogP contribution in [0.3, 0.4) is 0 Å². The van der Waals surface area contributed by atoms with Crippen LogP contribution in [0, 0.1) is 0 Å². The van der Waals surface area contributed by atoms with E-state index in [1.807, 2.05) is 18.4 Å². The second-order valence-corrected chi connectivity index (χ2v) is 5.73. The number of rotatable bonds is 3. The SMILES string of the molecule is CSc1ccccc1C(=O)N1CCN(CC(F)(F)F)CC1. The van der Waals surface area contributed by atoms with Gasteiger partial charge in [-0.05, 0) is 18.4 Å².